The van der Waals surface area contributed by atoms with E-state index in [0.717, 1.165) is 32.5 Å². The number of imidazole rings is 1. The number of H-pyrrole nitrogens is 1. The summed E-state index contributed by atoms with van der Waals surface area (Å²) in [6, 6.07) is 0.296. The zero-order valence-electron chi connectivity index (χ0n) is 12.5. The van der Waals surface area contributed by atoms with Crippen LogP contribution in [0.2, 0.25) is 0 Å². The number of aromatic nitrogens is 4. The molecule has 0 spiro atoms. The summed E-state index contributed by atoms with van der Waals surface area (Å²) in [6.45, 7) is 9.81. The first-order valence-corrected chi connectivity index (χ1v) is 7.29. The summed E-state index contributed by atoms with van der Waals surface area (Å²) in [4.78, 5) is 25.0. The second kappa shape index (κ2) is 6.65. The first-order chi connectivity index (χ1) is 9.67. The summed E-state index contributed by atoms with van der Waals surface area (Å²) >= 11 is 0. The van der Waals surface area contributed by atoms with Gasteiger partial charge in [-0.3, -0.25) is 4.79 Å². The van der Waals surface area contributed by atoms with Crippen molar-refractivity contribution in [1.82, 2.24) is 24.4 Å². The monoisotopic (exact) mass is 277 g/mol. The maximum atomic E-state index is 11.6. The fourth-order valence-electron chi connectivity index (χ4n) is 2.47. The fraction of sp³-hybridized carbons (Fsp3) is 0.643. The first kappa shape index (κ1) is 14.7. The van der Waals surface area contributed by atoms with E-state index in [1.54, 1.807) is 6.33 Å². The van der Waals surface area contributed by atoms with Crippen molar-refractivity contribution in [2.24, 2.45) is 0 Å². The third-order valence-corrected chi connectivity index (χ3v) is 3.83. The lowest BCUT2D eigenvalue weighted by Gasteiger charge is -2.19. The van der Waals surface area contributed by atoms with Crippen molar-refractivity contribution in [2.75, 3.05) is 19.6 Å². The van der Waals surface area contributed by atoms with Gasteiger partial charge in [0, 0.05) is 6.04 Å². The lowest BCUT2D eigenvalue weighted by molar-refractivity contribution is 0.288. The van der Waals surface area contributed by atoms with Crippen LogP contribution < -0.4 is 5.56 Å². The summed E-state index contributed by atoms with van der Waals surface area (Å²) in [5.74, 6) is 0. The summed E-state index contributed by atoms with van der Waals surface area (Å²) in [7, 11) is 0. The van der Waals surface area contributed by atoms with E-state index in [1.165, 1.54) is 6.33 Å². The molecule has 2 aromatic rings. The van der Waals surface area contributed by atoms with Gasteiger partial charge in [-0.2, -0.15) is 0 Å². The van der Waals surface area contributed by atoms with Crippen molar-refractivity contribution >= 4 is 11.2 Å². The molecule has 6 heteroatoms. The lowest BCUT2D eigenvalue weighted by Crippen LogP contribution is -2.24. The minimum absolute atomic E-state index is 0.177. The molecule has 0 saturated carbocycles. The van der Waals surface area contributed by atoms with Crippen molar-refractivity contribution in [3.63, 3.8) is 0 Å². The Morgan fingerprint density at radius 1 is 1.35 bits per heavy atom. The highest BCUT2D eigenvalue weighted by Crippen LogP contribution is 2.17. The molecule has 0 aromatic carbocycles. The molecule has 6 nitrogen and oxygen atoms in total. The molecule has 0 aliphatic carbocycles. The number of nitrogens with one attached hydrogen (secondary N) is 1. The molecule has 2 rings (SSSR count). The molecule has 1 unspecified atom stereocenters. The summed E-state index contributed by atoms with van der Waals surface area (Å²) < 4.78 is 1.99. The predicted octanol–water partition coefficient (Wildman–Crippen LogP) is 1.80. The van der Waals surface area contributed by atoms with Gasteiger partial charge in [0.15, 0.2) is 11.2 Å². The third-order valence-electron chi connectivity index (χ3n) is 3.83. The van der Waals surface area contributed by atoms with E-state index >= 15 is 0 Å². The third kappa shape index (κ3) is 3.07. The van der Waals surface area contributed by atoms with Crippen LogP contribution in [0.15, 0.2) is 17.4 Å². The van der Waals surface area contributed by atoms with Gasteiger partial charge in [0.1, 0.15) is 0 Å². The van der Waals surface area contributed by atoms with Gasteiger partial charge < -0.3 is 14.5 Å². The maximum Gasteiger partial charge on any atom is 0.278 e. The molecule has 20 heavy (non-hydrogen) atoms. The first-order valence-electron chi connectivity index (χ1n) is 7.29. The second-order valence-corrected chi connectivity index (χ2v) is 5.07. The van der Waals surface area contributed by atoms with Crippen LogP contribution in [0.1, 0.15) is 39.7 Å². The molecule has 0 radical (unpaired) electrons. The maximum absolute atomic E-state index is 11.6. The Bertz CT molecular complexity index is 599. The molecular weight excluding hydrogens is 254 g/mol. The summed E-state index contributed by atoms with van der Waals surface area (Å²) in [5.41, 5.74) is 0.913. The van der Waals surface area contributed by atoms with E-state index in [-0.39, 0.29) is 5.56 Å². The number of fused-ring (bicyclic) bond motifs is 1. The molecule has 0 fully saturated rings. The smallest absolute Gasteiger partial charge is 0.278 e. The standard InChI is InChI=1S/C14H23N5O/c1-4-18(5-2)8-6-7-11(3)19-10-17-12-13(19)15-9-16-14(12)20/h9-11H,4-8H2,1-3H3,(H,15,16,20). The van der Waals surface area contributed by atoms with Gasteiger partial charge in [-0.15, -0.1) is 0 Å². The predicted molar refractivity (Wildman–Crippen MR) is 79.9 cm³/mol. The molecule has 0 bridgehead atoms. The molecular formula is C14H23N5O. The van der Waals surface area contributed by atoms with E-state index in [9.17, 15) is 4.79 Å². The van der Waals surface area contributed by atoms with Crippen LogP contribution in [0.5, 0.6) is 0 Å². The number of nitrogens with zero attached hydrogens (tertiary/aromatic N) is 4. The largest absolute Gasteiger partial charge is 0.312 e. The van der Waals surface area contributed by atoms with Crippen molar-refractivity contribution in [3.8, 4) is 0 Å². The lowest BCUT2D eigenvalue weighted by atomic mass is 10.1. The Labute approximate surface area is 118 Å². The molecule has 0 saturated heterocycles. The molecule has 110 valence electrons. The Morgan fingerprint density at radius 3 is 2.80 bits per heavy atom. The van der Waals surface area contributed by atoms with Gasteiger partial charge in [-0.1, -0.05) is 13.8 Å². The van der Waals surface area contributed by atoms with E-state index in [0.29, 0.717) is 17.2 Å². The molecule has 2 heterocycles. The highest BCUT2D eigenvalue weighted by atomic mass is 16.1. The molecule has 0 aliphatic heterocycles. The van der Waals surface area contributed by atoms with Crippen molar-refractivity contribution < 1.29 is 0 Å². The molecule has 2 aromatic heterocycles. The van der Waals surface area contributed by atoms with E-state index in [1.807, 2.05) is 4.57 Å². The normalized spacial score (nSPS) is 13.2. The average Bonchev–Trinajstić information content (AvgIpc) is 2.89. The highest BCUT2D eigenvalue weighted by Gasteiger charge is 2.12. The Morgan fingerprint density at radius 2 is 2.10 bits per heavy atom. The summed E-state index contributed by atoms with van der Waals surface area (Å²) in [6.07, 6.45) is 5.34. The highest BCUT2D eigenvalue weighted by molar-refractivity contribution is 5.68. The van der Waals surface area contributed by atoms with Crippen LogP contribution in [0.25, 0.3) is 11.2 Å². The van der Waals surface area contributed by atoms with Crippen molar-refractivity contribution in [1.29, 1.82) is 0 Å². The topological polar surface area (TPSA) is 66.8 Å². The molecule has 1 N–H and O–H groups in total. The van der Waals surface area contributed by atoms with Crippen LogP contribution in [-0.2, 0) is 0 Å². The Kier molecular flexibility index (Phi) is 4.89. The van der Waals surface area contributed by atoms with Crippen molar-refractivity contribution in [2.45, 2.75) is 39.7 Å². The SMILES string of the molecule is CCN(CC)CCCC(C)n1cnc2c(=O)[nH]cnc21. The van der Waals surface area contributed by atoms with Gasteiger partial charge in [-0.05, 0) is 39.4 Å². The van der Waals surface area contributed by atoms with E-state index in [4.69, 9.17) is 0 Å². The Balaban J connectivity index is 2.03. The van der Waals surface area contributed by atoms with Crippen LogP contribution in [0.4, 0.5) is 0 Å². The van der Waals surface area contributed by atoms with Crippen LogP contribution in [0.3, 0.4) is 0 Å². The quantitative estimate of drug-likeness (QED) is 0.838. The zero-order chi connectivity index (χ0) is 14.5. The minimum atomic E-state index is -0.177. The molecule has 0 amide bonds. The van der Waals surface area contributed by atoms with Gasteiger partial charge in [0.25, 0.3) is 5.56 Å². The number of rotatable bonds is 7. The van der Waals surface area contributed by atoms with Crippen LogP contribution in [-0.4, -0.2) is 44.1 Å². The molecule has 0 aliphatic rings. The Hall–Kier alpha value is -1.69. The van der Waals surface area contributed by atoms with Gasteiger partial charge >= 0.3 is 0 Å². The van der Waals surface area contributed by atoms with E-state index in [2.05, 4.69) is 40.6 Å². The number of hydrogen-bond donors (Lipinski definition) is 1. The zero-order valence-corrected chi connectivity index (χ0v) is 12.5. The molecule has 1 atom stereocenters. The average molecular weight is 277 g/mol. The van der Waals surface area contributed by atoms with E-state index < -0.39 is 0 Å². The van der Waals surface area contributed by atoms with Crippen molar-refractivity contribution in [3.05, 3.63) is 23.0 Å². The van der Waals surface area contributed by atoms with Crippen LogP contribution >= 0.6 is 0 Å². The minimum Gasteiger partial charge on any atom is -0.312 e. The second-order valence-electron chi connectivity index (χ2n) is 5.07. The number of hydrogen-bond acceptors (Lipinski definition) is 4. The summed E-state index contributed by atoms with van der Waals surface area (Å²) in [5, 5.41) is 0. The van der Waals surface area contributed by atoms with Gasteiger partial charge in [-0.25, -0.2) is 9.97 Å². The van der Waals surface area contributed by atoms with Gasteiger partial charge in [0.05, 0.1) is 12.7 Å². The van der Waals surface area contributed by atoms with Gasteiger partial charge in [0.2, 0.25) is 0 Å². The van der Waals surface area contributed by atoms with Crippen LogP contribution in [0, 0.1) is 0 Å². The number of aromatic amines is 1. The fourth-order valence-corrected chi connectivity index (χ4v) is 2.47.